The Labute approximate surface area is 158 Å². The summed E-state index contributed by atoms with van der Waals surface area (Å²) in [5.41, 5.74) is 5.46. The average Bonchev–Trinajstić information content (AvgIpc) is 2.69. The van der Waals surface area contributed by atoms with Gasteiger partial charge in [0.15, 0.2) is 0 Å². The molecule has 4 N–H and O–H groups in total. The van der Waals surface area contributed by atoms with Crippen LogP contribution in [0.5, 0.6) is 5.88 Å². The number of β-amino-alcohol motifs (C(OH)–C–C–N with tert-alkyl or cyclic N) is 1. The van der Waals surface area contributed by atoms with Crippen LogP contribution >= 0.6 is 0 Å². The van der Waals surface area contributed by atoms with Gasteiger partial charge in [-0.05, 0) is 37.9 Å². The number of nitrogens with two attached hydrogens (primary N) is 1. The van der Waals surface area contributed by atoms with Gasteiger partial charge in [0.25, 0.3) is 0 Å². The fraction of sp³-hybridized carbons (Fsp3) is 0.611. The van der Waals surface area contributed by atoms with Gasteiger partial charge in [-0.25, -0.2) is 9.78 Å². The number of carbonyl (C=O) groups excluding carboxylic acids is 2. The van der Waals surface area contributed by atoms with E-state index < -0.39 is 12.0 Å². The molecular weight excluding hydrogens is 350 g/mol. The van der Waals surface area contributed by atoms with E-state index in [1.54, 1.807) is 4.90 Å². The van der Waals surface area contributed by atoms with Crippen LogP contribution in [0, 0.1) is 5.92 Å². The van der Waals surface area contributed by atoms with Crippen molar-refractivity contribution < 1.29 is 19.4 Å². The molecule has 2 fully saturated rings. The molecule has 0 radical (unpaired) electrons. The first-order valence-corrected chi connectivity index (χ1v) is 9.36. The van der Waals surface area contributed by atoms with Crippen molar-refractivity contribution in [1.29, 1.82) is 0 Å². The number of primary amides is 1. The second-order valence-corrected chi connectivity index (χ2v) is 6.99. The van der Waals surface area contributed by atoms with E-state index >= 15 is 0 Å². The number of hydrogen-bond acceptors (Lipinski definition) is 7. The van der Waals surface area contributed by atoms with Gasteiger partial charge in [0.1, 0.15) is 0 Å². The third-order valence-electron chi connectivity index (χ3n) is 5.29. The molecule has 148 valence electrons. The standard InChI is InChI=1S/C18H27N5O4/c19-17(25)14-1-2-16(21-11-14)27-18(26)23-8-7-22(9-10-24)12-15(23)13-3-5-20-6-4-13/h1-2,11,13,15,20,24H,3-10,12H2,(H2,19,25). The van der Waals surface area contributed by atoms with Crippen molar-refractivity contribution in [3.8, 4) is 5.88 Å². The second kappa shape index (κ2) is 9.12. The molecule has 2 aliphatic heterocycles. The summed E-state index contributed by atoms with van der Waals surface area (Å²) in [7, 11) is 0. The minimum Gasteiger partial charge on any atom is -0.395 e. The molecule has 0 bridgehead atoms. The van der Waals surface area contributed by atoms with Gasteiger partial charge in [-0.2, -0.15) is 0 Å². The number of nitrogens with zero attached hydrogens (tertiary/aromatic N) is 3. The van der Waals surface area contributed by atoms with Crippen LogP contribution in [-0.4, -0.2) is 83.8 Å². The van der Waals surface area contributed by atoms with Gasteiger partial charge in [0.05, 0.1) is 18.2 Å². The van der Waals surface area contributed by atoms with Crippen LogP contribution in [0.4, 0.5) is 4.79 Å². The Hall–Kier alpha value is -2.23. The number of hydrogen-bond donors (Lipinski definition) is 3. The number of piperidine rings is 1. The Morgan fingerprint density at radius 2 is 2.07 bits per heavy atom. The molecule has 9 heteroatoms. The van der Waals surface area contributed by atoms with E-state index in [-0.39, 0.29) is 24.1 Å². The highest BCUT2D eigenvalue weighted by atomic mass is 16.6. The molecule has 1 unspecified atom stereocenters. The van der Waals surface area contributed by atoms with Crippen molar-refractivity contribution >= 4 is 12.0 Å². The zero-order valence-electron chi connectivity index (χ0n) is 15.3. The lowest BCUT2D eigenvalue weighted by Gasteiger charge is -2.45. The van der Waals surface area contributed by atoms with Crippen LogP contribution in [0.3, 0.4) is 0 Å². The van der Waals surface area contributed by atoms with Crippen molar-refractivity contribution in [3.63, 3.8) is 0 Å². The third-order valence-corrected chi connectivity index (χ3v) is 5.29. The van der Waals surface area contributed by atoms with Crippen LogP contribution < -0.4 is 15.8 Å². The maximum Gasteiger partial charge on any atom is 0.416 e. The Morgan fingerprint density at radius 1 is 1.30 bits per heavy atom. The minimum atomic E-state index is -0.577. The molecule has 0 spiro atoms. The average molecular weight is 377 g/mol. The van der Waals surface area contributed by atoms with Crippen molar-refractivity contribution in [2.45, 2.75) is 18.9 Å². The third kappa shape index (κ3) is 4.94. The molecule has 2 saturated heterocycles. The molecule has 1 atom stereocenters. The number of pyridine rings is 1. The van der Waals surface area contributed by atoms with E-state index in [9.17, 15) is 14.7 Å². The predicted octanol–water partition coefficient (Wildman–Crippen LogP) is -0.343. The Balaban J connectivity index is 1.69. The van der Waals surface area contributed by atoms with Crippen molar-refractivity contribution in [1.82, 2.24) is 20.1 Å². The quantitative estimate of drug-likeness (QED) is 0.642. The van der Waals surface area contributed by atoms with E-state index in [0.29, 0.717) is 25.6 Å². The summed E-state index contributed by atoms with van der Waals surface area (Å²) in [6.07, 6.45) is 2.88. The van der Waals surface area contributed by atoms with Crippen LogP contribution in [0.2, 0.25) is 0 Å². The van der Waals surface area contributed by atoms with Crippen molar-refractivity contribution in [2.75, 3.05) is 45.9 Å². The number of aromatic nitrogens is 1. The molecule has 0 aliphatic carbocycles. The second-order valence-electron chi connectivity index (χ2n) is 6.99. The summed E-state index contributed by atoms with van der Waals surface area (Å²) in [5, 5.41) is 12.6. The molecule has 3 rings (SSSR count). The highest BCUT2D eigenvalue weighted by molar-refractivity contribution is 5.92. The highest BCUT2D eigenvalue weighted by Crippen LogP contribution is 2.25. The zero-order chi connectivity index (χ0) is 19.2. The molecule has 2 amide bonds. The number of piperazine rings is 1. The fourth-order valence-electron chi connectivity index (χ4n) is 3.81. The Kier molecular flexibility index (Phi) is 6.59. The summed E-state index contributed by atoms with van der Waals surface area (Å²) < 4.78 is 5.45. The Bertz CT molecular complexity index is 648. The molecule has 27 heavy (non-hydrogen) atoms. The molecule has 3 heterocycles. The van der Waals surface area contributed by atoms with Crippen LogP contribution in [0.1, 0.15) is 23.2 Å². The van der Waals surface area contributed by atoms with Gasteiger partial charge in [0, 0.05) is 38.4 Å². The lowest BCUT2D eigenvalue weighted by molar-refractivity contribution is 0.0325. The summed E-state index contributed by atoms with van der Waals surface area (Å²) in [6.45, 7) is 4.59. The first-order valence-electron chi connectivity index (χ1n) is 9.36. The smallest absolute Gasteiger partial charge is 0.395 e. The van der Waals surface area contributed by atoms with Gasteiger partial charge in [0.2, 0.25) is 11.8 Å². The van der Waals surface area contributed by atoms with Crippen LogP contribution in [0.25, 0.3) is 0 Å². The van der Waals surface area contributed by atoms with Crippen LogP contribution in [0.15, 0.2) is 18.3 Å². The lowest BCUT2D eigenvalue weighted by atomic mass is 9.88. The lowest BCUT2D eigenvalue weighted by Crippen LogP contribution is -2.59. The van der Waals surface area contributed by atoms with Gasteiger partial charge < -0.3 is 25.8 Å². The maximum atomic E-state index is 12.8. The van der Waals surface area contributed by atoms with Crippen molar-refractivity contribution in [3.05, 3.63) is 23.9 Å². The first kappa shape index (κ1) is 19.5. The topological polar surface area (TPSA) is 121 Å². The van der Waals surface area contributed by atoms with Crippen LogP contribution in [-0.2, 0) is 0 Å². The van der Waals surface area contributed by atoms with E-state index in [0.717, 1.165) is 32.5 Å². The molecule has 2 aliphatic rings. The van der Waals surface area contributed by atoms with Gasteiger partial charge in [-0.1, -0.05) is 0 Å². The number of nitrogens with one attached hydrogen (secondary N) is 1. The minimum absolute atomic E-state index is 0.0461. The molecule has 1 aromatic rings. The van der Waals surface area contributed by atoms with Gasteiger partial charge in [-0.15, -0.1) is 0 Å². The van der Waals surface area contributed by atoms with Gasteiger partial charge >= 0.3 is 6.09 Å². The van der Waals surface area contributed by atoms with Gasteiger partial charge in [-0.3, -0.25) is 9.69 Å². The number of aliphatic hydroxyl groups excluding tert-OH is 1. The Morgan fingerprint density at radius 3 is 2.70 bits per heavy atom. The SMILES string of the molecule is NC(=O)c1ccc(OC(=O)N2CCN(CCO)CC2C2CCNCC2)nc1. The summed E-state index contributed by atoms with van der Waals surface area (Å²) in [5.74, 6) is -0.0382. The van der Waals surface area contributed by atoms with E-state index in [1.807, 2.05) is 0 Å². The predicted molar refractivity (Wildman–Crippen MR) is 98.4 cm³/mol. The molecule has 1 aromatic heterocycles. The number of ether oxygens (including phenoxy) is 1. The molecule has 9 nitrogen and oxygen atoms in total. The number of carbonyl (C=O) groups is 2. The monoisotopic (exact) mass is 377 g/mol. The zero-order valence-corrected chi connectivity index (χ0v) is 15.3. The normalized spacial score (nSPS) is 21.8. The summed E-state index contributed by atoms with van der Waals surface area (Å²) in [6, 6.07) is 3.01. The van der Waals surface area contributed by atoms with Crippen molar-refractivity contribution in [2.24, 2.45) is 11.7 Å². The summed E-state index contributed by atoms with van der Waals surface area (Å²) >= 11 is 0. The number of aliphatic hydroxyl groups is 1. The van der Waals surface area contributed by atoms with E-state index in [4.69, 9.17) is 10.5 Å². The maximum absolute atomic E-state index is 12.8. The molecular formula is C18H27N5O4. The van der Waals surface area contributed by atoms with E-state index in [1.165, 1.54) is 18.3 Å². The molecule has 0 saturated carbocycles. The molecule has 0 aromatic carbocycles. The number of rotatable bonds is 5. The largest absolute Gasteiger partial charge is 0.416 e. The highest BCUT2D eigenvalue weighted by Gasteiger charge is 2.37. The fourth-order valence-corrected chi connectivity index (χ4v) is 3.81. The first-order chi connectivity index (χ1) is 13.1. The summed E-state index contributed by atoms with van der Waals surface area (Å²) in [4.78, 5) is 31.9. The number of amides is 2. The van der Waals surface area contributed by atoms with E-state index in [2.05, 4.69) is 15.2 Å².